The quantitative estimate of drug-likeness (QED) is 0.552. The molecule has 28 heavy (non-hydrogen) atoms. The van der Waals surface area contributed by atoms with E-state index in [1.54, 1.807) is 7.11 Å². The molecule has 144 valence electrons. The number of carbonyl (C=O) groups is 1. The molecule has 1 aromatic heterocycles. The number of rotatable bonds is 5. The van der Waals surface area contributed by atoms with Crippen LogP contribution in [0.3, 0.4) is 0 Å². The first-order chi connectivity index (χ1) is 13.6. The van der Waals surface area contributed by atoms with Crippen molar-refractivity contribution in [1.29, 1.82) is 0 Å². The monoisotopic (exact) mass is 428 g/mol. The van der Waals surface area contributed by atoms with Gasteiger partial charge in [0.2, 0.25) is 0 Å². The number of anilines is 1. The second-order valence-corrected chi connectivity index (χ2v) is 10.2. The molecule has 3 aromatic rings. The van der Waals surface area contributed by atoms with Crippen molar-refractivity contribution < 1.29 is 9.53 Å². The van der Waals surface area contributed by atoms with E-state index in [9.17, 15) is 4.79 Å². The van der Waals surface area contributed by atoms with Crippen molar-refractivity contribution in [2.24, 2.45) is 0 Å². The van der Waals surface area contributed by atoms with Crippen LogP contribution in [0.2, 0.25) is 0 Å². The van der Waals surface area contributed by atoms with Gasteiger partial charge >= 0.3 is 0 Å². The second-order valence-electron chi connectivity index (χ2n) is 6.30. The molecule has 0 saturated carbocycles. The molecular weight excluding hydrogens is 408 g/mol. The highest BCUT2D eigenvalue weighted by Gasteiger charge is 2.19. The van der Waals surface area contributed by atoms with Gasteiger partial charge in [-0.1, -0.05) is 12.1 Å². The number of hydrogen-bond donors (Lipinski definition) is 1. The number of thioether (sulfide) groups is 2. The number of thiazole rings is 1. The van der Waals surface area contributed by atoms with Crippen LogP contribution in [0.25, 0.3) is 11.3 Å². The number of methoxy groups -OCH3 is 1. The first-order valence-electron chi connectivity index (χ1n) is 8.90. The summed E-state index contributed by atoms with van der Waals surface area (Å²) in [6.07, 6.45) is 0. The topological polar surface area (TPSA) is 51.2 Å². The van der Waals surface area contributed by atoms with Crippen LogP contribution in [-0.4, -0.2) is 29.5 Å². The average molecular weight is 429 g/mol. The zero-order valence-electron chi connectivity index (χ0n) is 15.6. The Morgan fingerprint density at radius 3 is 2.39 bits per heavy atom. The Morgan fingerprint density at radius 1 is 1.07 bits per heavy atom. The van der Waals surface area contributed by atoms with Crippen molar-refractivity contribution in [1.82, 2.24) is 4.98 Å². The molecule has 0 bridgehead atoms. The van der Waals surface area contributed by atoms with Gasteiger partial charge in [0, 0.05) is 27.5 Å². The van der Waals surface area contributed by atoms with Crippen LogP contribution in [-0.2, 0) is 0 Å². The van der Waals surface area contributed by atoms with Gasteiger partial charge in [-0.25, -0.2) is 4.98 Å². The third-order valence-electron chi connectivity index (χ3n) is 4.45. The molecule has 0 aliphatic carbocycles. The van der Waals surface area contributed by atoms with Crippen LogP contribution in [0.1, 0.15) is 25.4 Å². The summed E-state index contributed by atoms with van der Waals surface area (Å²) in [6.45, 7) is 2.01. The summed E-state index contributed by atoms with van der Waals surface area (Å²) in [5.41, 5.74) is 3.81. The van der Waals surface area contributed by atoms with E-state index in [-0.39, 0.29) is 5.91 Å². The van der Waals surface area contributed by atoms with E-state index in [0.717, 1.165) is 21.9 Å². The van der Waals surface area contributed by atoms with Crippen LogP contribution in [0.5, 0.6) is 5.75 Å². The zero-order valence-corrected chi connectivity index (χ0v) is 18.0. The normalized spacial score (nSPS) is 14.2. The smallest absolute Gasteiger partial charge is 0.257 e. The Kier molecular flexibility index (Phi) is 5.94. The summed E-state index contributed by atoms with van der Waals surface area (Å²) < 4.78 is 5.70. The highest BCUT2D eigenvalue weighted by Crippen LogP contribution is 2.45. The summed E-state index contributed by atoms with van der Waals surface area (Å²) in [5, 5.41) is 3.54. The summed E-state index contributed by atoms with van der Waals surface area (Å²) >= 11 is 5.41. The highest BCUT2D eigenvalue weighted by molar-refractivity contribution is 8.19. The van der Waals surface area contributed by atoms with E-state index >= 15 is 0 Å². The van der Waals surface area contributed by atoms with Gasteiger partial charge in [-0.05, 0) is 48.9 Å². The number of nitrogens with one attached hydrogen (secondary N) is 1. The van der Waals surface area contributed by atoms with E-state index < -0.39 is 0 Å². The molecule has 0 unspecified atom stereocenters. The lowest BCUT2D eigenvalue weighted by Gasteiger charge is -2.09. The fourth-order valence-electron chi connectivity index (χ4n) is 2.98. The predicted octanol–water partition coefficient (Wildman–Crippen LogP) is 5.86. The Hall–Kier alpha value is -1.96. The van der Waals surface area contributed by atoms with Crippen molar-refractivity contribution in [3.05, 3.63) is 64.5 Å². The lowest BCUT2D eigenvalue weighted by molar-refractivity contribution is 0.102. The molecule has 4 nitrogen and oxygen atoms in total. The Morgan fingerprint density at radius 2 is 1.75 bits per heavy atom. The van der Waals surface area contributed by atoms with Crippen LogP contribution in [0.4, 0.5) is 5.13 Å². The lowest BCUT2D eigenvalue weighted by atomic mass is 10.1. The fourth-order valence-corrected chi connectivity index (χ4v) is 6.67. The Bertz CT molecular complexity index is 962. The maximum absolute atomic E-state index is 12.6. The standard InChI is InChI=1S/C21H20N2O2S3/c1-13-18(14-7-9-17(25-2)10-8-14)22-21(28-13)23-19(24)15-3-5-16(6-4-15)20-26-11-12-27-20/h3-10,20H,11-12H2,1-2H3,(H,22,23,24). The number of benzene rings is 2. The van der Waals surface area contributed by atoms with Gasteiger partial charge in [0.1, 0.15) is 5.75 Å². The fraction of sp³-hybridized carbons (Fsp3) is 0.238. The Balaban J connectivity index is 1.47. The molecule has 1 amide bonds. The van der Waals surface area contributed by atoms with E-state index in [0.29, 0.717) is 15.3 Å². The third-order valence-corrected chi connectivity index (χ3v) is 8.44. The van der Waals surface area contributed by atoms with Crippen LogP contribution < -0.4 is 10.1 Å². The SMILES string of the molecule is COc1ccc(-c2nc(NC(=O)c3ccc(C4SCCS4)cc3)sc2C)cc1. The van der Waals surface area contributed by atoms with Gasteiger partial charge in [0.15, 0.2) is 5.13 Å². The molecule has 0 spiro atoms. The molecular formula is C21H20N2O2S3. The molecule has 2 heterocycles. The Labute approximate surface area is 177 Å². The molecule has 0 radical (unpaired) electrons. The van der Waals surface area contributed by atoms with Crippen LogP contribution in [0.15, 0.2) is 48.5 Å². The van der Waals surface area contributed by atoms with E-state index in [1.165, 1.54) is 28.4 Å². The average Bonchev–Trinajstić information content (AvgIpc) is 3.38. The van der Waals surface area contributed by atoms with Crippen LogP contribution in [0, 0.1) is 6.92 Å². The third kappa shape index (κ3) is 4.21. The minimum Gasteiger partial charge on any atom is -0.497 e. The van der Waals surface area contributed by atoms with Crippen LogP contribution >= 0.6 is 34.9 Å². The van der Waals surface area contributed by atoms with Crippen molar-refractivity contribution >= 4 is 45.9 Å². The molecule has 1 saturated heterocycles. The van der Waals surface area contributed by atoms with E-state index in [2.05, 4.69) is 22.4 Å². The van der Waals surface area contributed by atoms with Crippen molar-refractivity contribution in [2.75, 3.05) is 23.9 Å². The number of aryl methyl sites for hydroxylation is 1. The summed E-state index contributed by atoms with van der Waals surface area (Å²) in [7, 11) is 1.65. The van der Waals surface area contributed by atoms with Crippen molar-refractivity contribution in [3.8, 4) is 17.0 Å². The molecule has 2 aromatic carbocycles. The second kappa shape index (κ2) is 8.59. The minimum atomic E-state index is -0.131. The number of amides is 1. The number of ether oxygens (including phenoxy) is 1. The van der Waals surface area contributed by atoms with E-state index in [1.807, 2.05) is 66.8 Å². The van der Waals surface area contributed by atoms with Gasteiger partial charge in [0.25, 0.3) is 5.91 Å². The molecule has 1 fully saturated rings. The van der Waals surface area contributed by atoms with Gasteiger partial charge < -0.3 is 4.74 Å². The molecule has 7 heteroatoms. The summed E-state index contributed by atoms with van der Waals surface area (Å²) in [5.74, 6) is 3.06. The zero-order chi connectivity index (χ0) is 19.5. The molecule has 1 aliphatic rings. The first-order valence-corrected chi connectivity index (χ1v) is 11.8. The molecule has 4 rings (SSSR count). The number of nitrogens with zero attached hydrogens (tertiary/aromatic N) is 1. The highest BCUT2D eigenvalue weighted by atomic mass is 32.2. The predicted molar refractivity (Wildman–Crippen MR) is 121 cm³/mol. The summed E-state index contributed by atoms with van der Waals surface area (Å²) in [6, 6.07) is 15.7. The molecule has 1 aliphatic heterocycles. The summed E-state index contributed by atoms with van der Waals surface area (Å²) in [4.78, 5) is 18.3. The number of aromatic nitrogens is 1. The van der Waals surface area contributed by atoms with Crippen molar-refractivity contribution in [2.45, 2.75) is 11.5 Å². The minimum absolute atomic E-state index is 0.131. The van der Waals surface area contributed by atoms with Gasteiger partial charge in [-0.3, -0.25) is 10.1 Å². The maximum atomic E-state index is 12.6. The van der Waals surface area contributed by atoms with Crippen molar-refractivity contribution in [3.63, 3.8) is 0 Å². The lowest BCUT2D eigenvalue weighted by Crippen LogP contribution is -2.11. The first kappa shape index (κ1) is 19.4. The van der Waals surface area contributed by atoms with Gasteiger partial charge in [0.05, 0.1) is 17.4 Å². The molecule has 0 atom stereocenters. The van der Waals surface area contributed by atoms with Gasteiger partial charge in [-0.2, -0.15) is 0 Å². The molecule has 1 N–H and O–H groups in total. The van der Waals surface area contributed by atoms with Gasteiger partial charge in [-0.15, -0.1) is 34.9 Å². The maximum Gasteiger partial charge on any atom is 0.257 e. The number of hydrogen-bond acceptors (Lipinski definition) is 6. The number of carbonyl (C=O) groups excluding carboxylic acids is 1. The largest absolute Gasteiger partial charge is 0.497 e. The van der Waals surface area contributed by atoms with E-state index in [4.69, 9.17) is 4.74 Å².